The predicted octanol–water partition coefficient (Wildman–Crippen LogP) is 3.71. The number of hydrogen-bond donors (Lipinski definition) is 1. The van der Waals surface area contributed by atoms with Gasteiger partial charge in [0.2, 0.25) is 0 Å². The first-order valence-electron chi connectivity index (χ1n) is 5.46. The van der Waals surface area contributed by atoms with Crippen LogP contribution in [0.3, 0.4) is 0 Å². The first kappa shape index (κ1) is 11.4. The standard InChI is InChI=1S/C13H14BrNO/c14-11-6-10(7-12(15)8-11)13(16)9-4-2-1-3-5-9/h4,6-8H,1-3,5,15H2. The van der Waals surface area contributed by atoms with Crippen molar-refractivity contribution in [1.29, 1.82) is 0 Å². The predicted molar refractivity (Wildman–Crippen MR) is 69.4 cm³/mol. The highest BCUT2D eigenvalue weighted by molar-refractivity contribution is 9.10. The lowest BCUT2D eigenvalue weighted by molar-refractivity contribution is 0.102. The Labute approximate surface area is 104 Å². The summed E-state index contributed by atoms with van der Waals surface area (Å²) < 4.78 is 0.854. The number of allylic oxidation sites excluding steroid dienone is 2. The third kappa shape index (κ3) is 2.53. The van der Waals surface area contributed by atoms with Crippen LogP contribution in [0.1, 0.15) is 36.0 Å². The van der Waals surface area contributed by atoms with Gasteiger partial charge in [-0.15, -0.1) is 0 Å². The Balaban J connectivity index is 2.29. The van der Waals surface area contributed by atoms with Gasteiger partial charge in [-0.2, -0.15) is 0 Å². The van der Waals surface area contributed by atoms with E-state index in [0.29, 0.717) is 11.3 Å². The summed E-state index contributed by atoms with van der Waals surface area (Å²) in [5, 5.41) is 0. The molecular formula is C13H14BrNO. The minimum atomic E-state index is 0.118. The Kier molecular flexibility index (Phi) is 3.44. The van der Waals surface area contributed by atoms with Crippen LogP contribution in [0.5, 0.6) is 0 Å². The summed E-state index contributed by atoms with van der Waals surface area (Å²) in [5.74, 6) is 0.118. The summed E-state index contributed by atoms with van der Waals surface area (Å²) in [6.07, 6.45) is 6.28. The molecule has 3 heteroatoms. The van der Waals surface area contributed by atoms with Crippen LogP contribution in [0.25, 0.3) is 0 Å². The molecule has 1 aliphatic rings. The maximum Gasteiger partial charge on any atom is 0.188 e. The third-order valence-electron chi connectivity index (χ3n) is 2.76. The van der Waals surface area contributed by atoms with E-state index in [9.17, 15) is 4.79 Å². The van der Waals surface area contributed by atoms with Crippen molar-refractivity contribution < 1.29 is 4.79 Å². The number of Topliss-reactive ketones (excluding diaryl/α,β-unsaturated/α-hetero) is 1. The number of ketones is 1. The van der Waals surface area contributed by atoms with Gasteiger partial charge in [-0.3, -0.25) is 4.79 Å². The minimum absolute atomic E-state index is 0.118. The molecule has 0 saturated heterocycles. The van der Waals surface area contributed by atoms with Crippen LogP contribution in [-0.2, 0) is 0 Å². The first-order chi connectivity index (χ1) is 7.66. The van der Waals surface area contributed by atoms with E-state index in [2.05, 4.69) is 22.0 Å². The van der Waals surface area contributed by atoms with Crippen LogP contribution in [0.4, 0.5) is 5.69 Å². The number of nitrogen functional groups attached to an aromatic ring is 1. The summed E-state index contributed by atoms with van der Waals surface area (Å²) in [5.41, 5.74) is 7.96. The molecule has 0 unspecified atom stereocenters. The molecule has 16 heavy (non-hydrogen) atoms. The van der Waals surface area contributed by atoms with Crippen LogP contribution in [0.15, 0.2) is 34.3 Å². The number of carbonyl (C=O) groups excluding carboxylic acids is 1. The molecule has 0 aromatic heterocycles. The van der Waals surface area contributed by atoms with Crippen molar-refractivity contribution in [3.63, 3.8) is 0 Å². The molecule has 0 saturated carbocycles. The summed E-state index contributed by atoms with van der Waals surface area (Å²) >= 11 is 3.35. The highest BCUT2D eigenvalue weighted by atomic mass is 79.9. The molecule has 2 rings (SSSR count). The molecular weight excluding hydrogens is 266 g/mol. The fourth-order valence-electron chi connectivity index (χ4n) is 1.97. The molecule has 0 atom stereocenters. The second-order valence-electron chi connectivity index (χ2n) is 4.08. The van der Waals surface area contributed by atoms with Crippen molar-refractivity contribution in [3.8, 4) is 0 Å². The van der Waals surface area contributed by atoms with Gasteiger partial charge in [-0.1, -0.05) is 22.0 Å². The van der Waals surface area contributed by atoms with Crippen molar-refractivity contribution in [1.82, 2.24) is 0 Å². The molecule has 0 bridgehead atoms. The molecule has 0 heterocycles. The summed E-state index contributed by atoms with van der Waals surface area (Å²) in [6, 6.07) is 5.36. The van der Waals surface area contributed by atoms with Crippen molar-refractivity contribution in [2.45, 2.75) is 25.7 Å². The summed E-state index contributed by atoms with van der Waals surface area (Å²) in [6.45, 7) is 0. The number of anilines is 1. The molecule has 0 fully saturated rings. The third-order valence-corrected chi connectivity index (χ3v) is 3.22. The van der Waals surface area contributed by atoms with Crippen LogP contribution < -0.4 is 5.73 Å². The van der Waals surface area contributed by atoms with Gasteiger partial charge in [0.25, 0.3) is 0 Å². The quantitative estimate of drug-likeness (QED) is 0.662. The number of carbonyl (C=O) groups is 1. The Morgan fingerprint density at radius 1 is 1.25 bits per heavy atom. The van der Waals surface area contributed by atoms with Gasteiger partial charge in [0.15, 0.2) is 5.78 Å². The van der Waals surface area contributed by atoms with Gasteiger partial charge < -0.3 is 5.73 Å². The molecule has 1 aliphatic carbocycles. The normalized spacial score (nSPS) is 15.7. The zero-order valence-corrected chi connectivity index (χ0v) is 10.6. The van der Waals surface area contributed by atoms with Crippen LogP contribution in [-0.4, -0.2) is 5.78 Å². The number of rotatable bonds is 2. The zero-order chi connectivity index (χ0) is 11.5. The molecule has 0 spiro atoms. The molecule has 0 amide bonds. The van der Waals surface area contributed by atoms with Gasteiger partial charge in [-0.05, 0) is 49.5 Å². The Hall–Kier alpha value is -1.09. The summed E-state index contributed by atoms with van der Waals surface area (Å²) in [4.78, 5) is 12.2. The lowest BCUT2D eigenvalue weighted by atomic mass is 9.93. The van der Waals surface area contributed by atoms with E-state index in [1.54, 1.807) is 12.1 Å². The Bertz CT molecular complexity index is 431. The fourth-order valence-corrected chi connectivity index (χ4v) is 2.48. The molecule has 0 radical (unpaired) electrons. The number of halogens is 1. The zero-order valence-electron chi connectivity index (χ0n) is 9.00. The molecule has 0 aliphatic heterocycles. The van der Waals surface area contributed by atoms with Crippen molar-refractivity contribution in [2.24, 2.45) is 0 Å². The molecule has 1 aromatic carbocycles. The largest absolute Gasteiger partial charge is 0.399 e. The SMILES string of the molecule is Nc1cc(Br)cc(C(=O)C2=CCCCC2)c1. The average molecular weight is 280 g/mol. The maximum absolute atomic E-state index is 12.2. The van der Waals surface area contributed by atoms with E-state index < -0.39 is 0 Å². The van der Waals surface area contributed by atoms with Gasteiger partial charge in [0, 0.05) is 15.7 Å². The smallest absolute Gasteiger partial charge is 0.188 e. The second-order valence-corrected chi connectivity index (χ2v) is 4.99. The van der Waals surface area contributed by atoms with Crippen LogP contribution in [0.2, 0.25) is 0 Å². The van der Waals surface area contributed by atoms with Gasteiger partial charge in [0.1, 0.15) is 0 Å². The van der Waals surface area contributed by atoms with Gasteiger partial charge in [-0.25, -0.2) is 0 Å². The number of benzene rings is 1. The van der Waals surface area contributed by atoms with Crippen molar-refractivity contribution in [2.75, 3.05) is 5.73 Å². The van der Waals surface area contributed by atoms with E-state index >= 15 is 0 Å². The van der Waals surface area contributed by atoms with E-state index in [0.717, 1.165) is 29.3 Å². The second kappa shape index (κ2) is 4.83. The monoisotopic (exact) mass is 279 g/mol. The van der Waals surface area contributed by atoms with Crippen LogP contribution >= 0.6 is 15.9 Å². The highest BCUT2D eigenvalue weighted by Crippen LogP contribution is 2.24. The first-order valence-corrected chi connectivity index (χ1v) is 6.26. The van der Waals surface area contributed by atoms with Crippen molar-refractivity contribution in [3.05, 3.63) is 39.9 Å². The fraction of sp³-hybridized carbons (Fsp3) is 0.308. The molecule has 1 aromatic rings. The lowest BCUT2D eigenvalue weighted by Crippen LogP contribution is -2.07. The molecule has 2 N–H and O–H groups in total. The van der Waals surface area contributed by atoms with Gasteiger partial charge in [0.05, 0.1) is 0 Å². The molecule has 84 valence electrons. The molecule has 2 nitrogen and oxygen atoms in total. The maximum atomic E-state index is 12.2. The Morgan fingerprint density at radius 2 is 2.06 bits per heavy atom. The van der Waals surface area contributed by atoms with E-state index in [1.807, 2.05) is 6.07 Å². The topological polar surface area (TPSA) is 43.1 Å². The lowest BCUT2D eigenvalue weighted by Gasteiger charge is -2.12. The average Bonchev–Trinajstić information content (AvgIpc) is 2.28. The minimum Gasteiger partial charge on any atom is -0.399 e. The Morgan fingerprint density at radius 3 is 2.69 bits per heavy atom. The van der Waals surface area contributed by atoms with E-state index in [1.165, 1.54) is 6.42 Å². The van der Waals surface area contributed by atoms with Crippen LogP contribution in [0, 0.1) is 0 Å². The van der Waals surface area contributed by atoms with E-state index in [-0.39, 0.29) is 5.78 Å². The van der Waals surface area contributed by atoms with E-state index in [4.69, 9.17) is 5.73 Å². The highest BCUT2D eigenvalue weighted by Gasteiger charge is 2.15. The van der Waals surface area contributed by atoms with Gasteiger partial charge >= 0.3 is 0 Å². The van der Waals surface area contributed by atoms with Crippen molar-refractivity contribution >= 4 is 27.4 Å². The number of hydrogen-bond acceptors (Lipinski definition) is 2. The number of nitrogens with two attached hydrogens (primary N) is 1. The summed E-state index contributed by atoms with van der Waals surface area (Å²) in [7, 11) is 0.